The predicted molar refractivity (Wildman–Crippen MR) is 116 cm³/mol. The van der Waals surface area contributed by atoms with Crippen molar-refractivity contribution in [1.29, 1.82) is 0 Å². The molecule has 154 valence electrons. The number of carbonyl (C=O) groups is 1. The first-order chi connectivity index (χ1) is 13.8. The Balaban J connectivity index is 1.57. The first-order valence-corrected chi connectivity index (χ1v) is 12.2. The van der Waals surface area contributed by atoms with E-state index in [1.807, 2.05) is 27.4 Å². The van der Waals surface area contributed by atoms with Crippen LogP contribution in [0, 0.1) is 0 Å². The zero-order chi connectivity index (χ0) is 19.3. The number of likely N-dealkylation sites (tertiary alicyclic amines) is 1. The van der Waals surface area contributed by atoms with E-state index in [1.165, 1.54) is 62.9 Å². The Kier molecular flexibility index (Phi) is 6.78. The average Bonchev–Trinajstić information content (AvgIpc) is 3.06. The van der Waals surface area contributed by atoms with Crippen molar-refractivity contribution in [2.75, 3.05) is 37.7 Å². The summed E-state index contributed by atoms with van der Waals surface area (Å²) in [7, 11) is 0. The molecule has 1 amide bonds. The van der Waals surface area contributed by atoms with E-state index in [4.69, 9.17) is 5.10 Å². The zero-order valence-electron chi connectivity index (χ0n) is 17.1. The molecule has 0 spiro atoms. The van der Waals surface area contributed by atoms with Gasteiger partial charge in [-0.15, -0.1) is 6.58 Å². The molecular weight excluding hydrogens is 368 g/mol. The van der Waals surface area contributed by atoms with Gasteiger partial charge in [-0.2, -0.15) is 16.9 Å². The number of amides is 1. The Morgan fingerprint density at radius 3 is 2.54 bits per heavy atom. The zero-order valence-corrected chi connectivity index (χ0v) is 17.9. The summed E-state index contributed by atoms with van der Waals surface area (Å²) in [6, 6.07) is 0.565. The summed E-state index contributed by atoms with van der Waals surface area (Å²) in [5, 5.41) is 4.80. The van der Waals surface area contributed by atoms with Crippen molar-refractivity contribution in [3.8, 4) is 0 Å². The molecule has 1 atom stereocenters. The number of rotatable bonds is 4. The van der Waals surface area contributed by atoms with Crippen LogP contribution in [0.1, 0.15) is 60.3 Å². The van der Waals surface area contributed by atoms with Crippen molar-refractivity contribution in [2.45, 2.75) is 64.0 Å². The lowest BCUT2D eigenvalue weighted by Crippen LogP contribution is -2.42. The SMILES string of the molecule is C=CCn1nc(C(=O)N2CCSCC2)c2c1CCC(N1CCCCCCC1)C2. The molecule has 0 saturated carbocycles. The standard InChI is InChI=1S/C22H34N4OS/c1-2-10-26-20-9-8-18(24-11-6-4-3-5-7-12-24)17-19(20)21(23-26)22(27)25-13-15-28-16-14-25/h2,18H,1,3-17H2. The lowest BCUT2D eigenvalue weighted by Gasteiger charge is -2.36. The number of carbonyl (C=O) groups excluding carboxylic acids is 1. The minimum Gasteiger partial charge on any atom is -0.336 e. The third-order valence-corrected chi connectivity index (χ3v) is 7.47. The van der Waals surface area contributed by atoms with Gasteiger partial charge in [-0.1, -0.05) is 25.3 Å². The second kappa shape index (κ2) is 9.49. The van der Waals surface area contributed by atoms with Crippen molar-refractivity contribution in [3.63, 3.8) is 0 Å². The molecule has 3 heterocycles. The van der Waals surface area contributed by atoms with Crippen molar-refractivity contribution >= 4 is 17.7 Å². The first kappa shape index (κ1) is 20.0. The molecule has 1 aromatic heterocycles. The van der Waals surface area contributed by atoms with Crippen LogP contribution in [0.4, 0.5) is 0 Å². The summed E-state index contributed by atoms with van der Waals surface area (Å²) in [6.07, 6.45) is 11.8. The fraction of sp³-hybridized carbons (Fsp3) is 0.727. The smallest absolute Gasteiger partial charge is 0.274 e. The van der Waals surface area contributed by atoms with Gasteiger partial charge in [-0.25, -0.2) is 0 Å². The van der Waals surface area contributed by atoms with E-state index in [1.54, 1.807) is 0 Å². The van der Waals surface area contributed by atoms with Crippen LogP contribution in [0.25, 0.3) is 0 Å². The minimum atomic E-state index is 0.146. The Bertz CT molecular complexity index is 687. The monoisotopic (exact) mass is 402 g/mol. The number of hydrogen-bond donors (Lipinski definition) is 0. The lowest BCUT2D eigenvalue weighted by atomic mass is 9.89. The fourth-order valence-corrected chi connectivity index (χ4v) is 5.88. The van der Waals surface area contributed by atoms with Gasteiger partial charge < -0.3 is 9.80 Å². The van der Waals surface area contributed by atoms with Gasteiger partial charge in [-0.3, -0.25) is 9.48 Å². The maximum Gasteiger partial charge on any atom is 0.274 e. The highest BCUT2D eigenvalue weighted by Crippen LogP contribution is 2.30. The predicted octanol–water partition coefficient (Wildman–Crippen LogP) is 3.38. The van der Waals surface area contributed by atoms with Crippen LogP contribution in [0.3, 0.4) is 0 Å². The lowest BCUT2D eigenvalue weighted by molar-refractivity contribution is 0.0763. The van der Waals surface area contributed by atoms with Crippen LogP contribution in [-0.4, -0.2) is 69.2 Å². The molecule has 1 unspecified atom stereocenters. The molecule has 1 aliphatic carbocycles. The summed E-state index contributed by atoms with van der Waals surface area (Å²) in [5.41, 5.74) is 3.22. The van der Waals surface area contributed by atoms with E-state index in [9.17, 15) is 4.79 Å². The van der Waals surface area contributed by atoms with Crippen molar-refractivity contribution in [3.05, 3.63) is 29.6 Å². The summed E-state index contributed by atoms with van der Waals surface area (Å²) in [6.45, 7) is 8.71. The molecular formula is C22H34N4OS. The van der Waals surface area contributed by atoms with Gasteiger partial charge in [0, 0.05) is 41.9 Å². The van der Waals surface area contributed by atoms with Crippen LogP contribution in [0.2, 0.25) is 0 Å². The van der Waals surface area contributed by atoms with Crippen LogP contribution in [0.15, 0.2) is 12.7 Å². The molecule has 0 N–H and O–H groups in total. The third kappa shape index (κ3) is 4.33. The topological polar surface area (TPSA) is 41.4 Å². The van der Waals surface area contributed by atoms with Crippen molar-refractivity contribution < 1.29 is 4.79 Å². The minimum absolute atomic E-state index is 0.146. The molecule has 6 heteroatoms. The van der Waals surface area contributed by atoms with Crippen molar-refractivity contribution in [1.82, 2.24) is 19.6 Å². The highest BCUT2D eigenvalue weighted by Gasteiger charge is 2.33. The van der Waals surface area contributed by atoms with E-state index >= 15 is 0 Å². The quantitative estimate of drug-likeness (QED) is 0.724. The summed E-state index contributed by atoms with van der Waals surface area (Å²) in [5.74, 6) is 2.22. The summed E-state index contributed by atoms with van der Waals surface area (Å²) < 4.78 is 2.04. The molecule has 5 nitrogen and oxygen atoms in total. The number of fused-ring (bicyclic) bond motifs is 1. The van der Waals surface area contributed by atoms with Gasteiger partial charge in [0.05, 0.1) is 6.54 Å². The van der Waals surface area contributed by atoms with Crippen molar-refractivity contribution in [2.24, 2.45) is 0 Å². The second-order valence-corrected chi connectivity index (χ2v) is 9.57. The number of nitrogens with zero attached hydrogens (tertiary/aromatic N) is 4. The molecule has 3 aliphatic rings. The normalized spacial score (nSPS) is 24.3. The highest BCUT2D eigenvalue weighted by atomic mass is 32.2. The molecule has 28 heavy (non-hydrogen) atoms. The fourth-order valence-electron chi connectivity index (χ4n) is 4.98. The van der Waals surface area contributed by atoms with Gasteiger partial charge in [0.15, 0.2) is 5.69 Å². The number of aromatic nitrogens is 2. The molecule has 2 saturated heterocycles. The molecule has 2 aliphatic heterocycles. The van der Waals surface area contributed by atoms with E-state index in [2.05, 4.69) is 11.5 Å². The van der Waals surface area contributed by atoms with Gasteiger partial charge in [-0.05, 0) is 45.2 Å². The van der Waals surface area contributed by atoms with E-state index in [0.29, 0.717) is 12.6 Å². The number of thioether (sulfide) groups is 1. The number of hydrogen-bond acceptors (Lipinski definition) is 4. The first-order valence-electron chi connectivity index (χ1n) is 11.1. The average molecular weight is 403 g/mol. The second-order valence-electron chi connectivity index (χ2n) is 8.35. The van der Waals surface area contributed by atoms with E-state index < -0.39 is 0 Å². The molecule has 0 radical (unpaired) electrons. The van der Waals surface area contributed by atoms with Crippen LogP contribution >= 0.6 is 11.8 Å². The Labute approximate surface area is 173 Å². The molecule has 2 fully saturated rings. The maximum absolute atomic E-state index is 13.3. The van der Waals surface area contributed by atoms with Gasteiger partial charge in [0.2, 0.25) is 0 Å². The molecule has 1 aromatic rings. The van der Waals surface area contributed by atoms with Crippen LogP contribution in [-0.2, 0) is 19.4 Å². The molecule has 0 aromatic carbocycles. The van der Waals surface area contributed by atoms with Gasteiger partial charge >= 0.3 is 0 Å². The van der Waals surface area contributed by atoms with E-state index in [0.717, 1.165) is 43.1 Å². The van der Waals surface area contributed by atoms with Gasteiger partial charge in [0.25, 0.3) is 5.91 Å². The third-order valence-electron chi connectivity index (χ3n) is 6.53. The highest BCUT2D eigenvalue weighted by molar-refractivity contribution is 7.99. The number of allylic oxidation sites excluding steroid dienone is 1. The van der Waals surface area contributed by atoms with Gasteiger partial charge in [0.1, 0.15) is 0 Å². The Hall–Kier alpha value is -1.27. The summed E-state index contributed by atoms with van der Waals surface area (Å²) >= 11 is 1.94. The Morgan fingerprint density at radius 1 is 1.11 bits per heavy atom. The van der Waals surface area contributed by atoms with Crippen LogP contribution in [0.5, 0.6) is 0 Å². The summed E-state index contributed by atoms with van der Waals surface area (Å²) in [4.78, 5) is 18.0. The van der Waals surface area contributed by atoms with Crippen LogP contribution < -0.4 is 0 Å². The Morgan fingerprint density at radius 2 is 1.82 bits per heavy atom. The van der Waals surface area contributed by atoms with E-state index in [-0.39, 0.29) is 5.91 Å². The maximum atomic E-state index is 13.3. The molecule has 4 rings (SSSR count). The molecule has 0 bridgehead atoms. The largest absolute Gasteiger partial charge is 0.336 e.